The van der Waals surface area contributed by atoms with Crippen molar-refractivity contribution in [1.82, 2.24) is 9.97 Å². The molecular formula is C15H20N2O2. The maximum absolute atomic E-state index is 8.83. The summed E-state index contributed by atoms with van der Waals surface area (Å²) in [6.45, 7) is 4.28. The molecule has 0 saturated carbocycles. The lowest BCUT2D eigenvalue weighted by atomic mass is 10.0. The van der Waals surface area contributed by atoms with Gasteiger partial charge in [0.05, 0.1) is 19.0 Å². The fourth-order valence-corrected chi connectivity index (χ4v) is 2.17. The second-order valence-electron chi connectivity index (χ2n) is 4.71. The van der Waals surface area contributed by atoms with Gasteiger partial charge in [0.2, 0.25) is 0 Å². The number of ether oxygens (including phenoxy) is 1. The molecule has 0 fully saturated rings. The molecule has 4 nitrogen and oxygen atoms in total. The summed E-state index contributed by atoms with van der Waals surface area (Å²) < 4.78 is 5.32. The van der Waals surface area contributed by atoms with Gasteiger partial charge in [-0.15, -0.1) is 0 Å². The van der Waals surface area contributed by atoms with E-state index in [9.17, 15) is 0 Å². The van der Waals surface area contributed by atoms with Gasteiger partial charge in [-0.3, -0.25) is 0 Å². The van der Waals surface area contributed by atoms with Crippen molar-refractivity contribution in [3.05, 3.63) is 35.3 Å². The Morgan fingerprint density at radius 2 is 2.05 bits per heavy atom. The van der Waals surface area contributed by atoms with Crippen molar-refractivity contribution in [3.8, 4) is 17.0 Å². The van der Waals surface area contributed by atoms with E-state index in [0.717, 1.165) is 46.8 Å². The number of imidazole rings is 1. The van der Waals surface area contributed by atoms with Crippen LogP contribution in [0.15, 0.2) is 18.3 Å². The van der Waals surface area contributed by atoms with Gasteiger partial charge in [0.25, 0.3) is 0 Å². The van der Waals surface area contributed by atoms with Crippen LogP contribution in [-0.4, -0.2) is 28.8 Å². The lowest BCUT2D eigenvalue weighted by Crippen LogP contribution is -1.93. The Bertz CT molecular complexity index is 561. The molecule has 2 aromatic rings. The quantitative estimate of drug-likeness (QED) is 0.869. The van der Waals surface area contributed by atoms with Gasteiger partial charge < -0.3 is 14.8 Å². The molecule has 102 valence electrons. The highest BCUT2D eigenvalue weighted by atomic mass is 16.5. The predicted octanol–water partition coefficient (Wildman–Crippen LogP) is 2.63. The van der Waals surface area contributed by atoms with Gasteiger partial charge in [-0.25, -0.2) is 4.98 Å². The monoisotopic (exact) mass is 260 g/mol. The fraction of sp³-hybridized carbons (Fsp3) is 0.400. The molecule has 0 spiro atoms. The second-order valence-corrected chi connectivity index (χ2v) is 4.71. The van der Waals surface area contributed by atoms with Gasteiger partial charge in [0, 0.05) is 18.6 Å². The zero-order valence-electron chi connectivity index (χ0n) is 11.7. The van der Waals surface area contributed by atoms with E-state index in [2.05, 4.69) is 23.0 Å². The largest absolute Gasteiger partial charge is 0.496 e. The summed E-state index contributed by atoms with van der Waals surface area (Å²) in [5, 5.41) is 8.83. The normalized spacial score (nSPS) is 10.7. The molecule has 0 bridgehead atoms. The van der Waals surface area contributed by atoms with Gasteiger partial charge >= 0.3 is 0 Å². The van der Waals surface area contributed by atoms with Crippen LogP contribution >= 0.6 is 0 Å². The van der Waals surface area contributed by atoms with Crippen LogP contribution in [0.2, 0.25) is 0 Å². The number of hydrogen-bond donors (Lipinski definition) is 2. The van der Waals surface area contributed by atoms with Gasteiger partial charge in [0.15, 0.2) is 0 Å². The first-order valence-electron chi connectivity index (χ1n) is 6.46. The highest BCUT2D eigenvalue weighted by Crippen LogP contribution is 2.29. The van der Waals surface area contributed by atoms with Crippen LogP contribution in [0.4, 0.5) is 0 Å². The van der Waals surface area contributed by atoms with Crippen molar-refractivity contribution in [2.45, 2.75) is 26.7 Å². The molecule has 1 aromatic heterocycles. The third-order valence-corrected chi connectivity index (χ3v) is 3.23. The molecule has 4 heteroatoms. The lowest BCUT2D eigenvalue weighted by Gasteiger charge is -2.10. The lowest BCUT2D eigenvalue weighted by molar-refractivity contribution is 0.287. The van der Waals surface area contributed by atoms with Crippen LogP contribution in [0.1, 0.15) is 23.4 Å². The number of aliphatic hydroxyl groups is 1. The minimum Gasteiger partial charge on any atom is -0.496 e. The molecular weight excluding hydrogens is 240 g/mol. The summed E-state index contributed by atoms with van der Waals surface area (Å²) in [5.74, 6) is 1.82. The van der Waals surface area contributed by atoms with Crippen molar-refractivity contribution in [1.29, 1.82) is 0 Å². The number of aromatic amines is 1. The second kappa shape index (κ2) is 5.89. The van der Waals surface area contributed by atoms with Crippen molar-refractivity contribution in [2.24, 2.45) is 0 Å². The highest BCUT2D eigenvalue weighted by Gasteiger charge is 2.09. The predicted molar refractivity (Wildman–Crippen MR) is 75.5 cm³/mol. The smallest absolute Gasteiger partial charge is 0.122 e. The number of aromatic nitrogens is 2. The Kier molecular flexibility index (Phi) is 4.22. The number of hydrogen-bond acceptors (Lipinski definition) is 3. The Hall–Kier alpha value is -1.81. The number of nitrogens with zero attached hydrogens (tertiary/aromatic N) is 1. The van der Waals surface area contributed by atoms with Crippen LogP contribution < -0.4 is 4.74 Å². The molecule has 0 aliphatic rings. The summed E-state index contributed by atoms with van der Waals surface area (Å²) >= 11 is 0. The summed E-state index contributed by atoms with van der Waals surface area (Å²) in [5.41, 5.74) is 4.41. The number of methoxy groups -OCH3 is 1. The van der Waals surface area contributed by atoms with E-state index >= 15 is 0 Å². The minimum atomic E-state index is 0.191. The van der Waals surface area contributed by atoms with Crippen LogP contribution in [0.3, 0.4) is 0 Å². The minimum absolute atomic E-state index is 0.191. The molecule has 0 amide bonds. The van der Waals surface area contributed by atoms with E-state index in [1.165, 1.54) is 0 Å². The van der Waals surface area contributed by atoms with Crippen LogP contribution in [0, 0.1) is 13.8 Å². The van der Waals surface area contributed by atoms with Crippen molar-refractivity contribution in [3.63, 3.8) is 0 Å². The van der Waals surface area contributed by atoms with Gasteiger partial charge in [-0.05, 0) is 43.5 Å². The van der Waals surface area contributed by atoms with Gasteiger partial charge in [-0.2, -0.15) is 0 Å². The van der Waals surface area contributed by atoms with Gasteiger partial charge in [-0.1, -0.05) is 0 Å². The molecule has 2 rings (SSSR count). The van der Waals surface area contributed by atoms with Crippen LogP contribution in [-0.2, 0) is 6.42 Å². The van der Waals surface area contributed by atoms with E-state index in [4.69, 9.17) is 9.84 Å². The third kappa shape index (κ3) is 2.96. The van der Waals surface area contributed by atoms with Crippen molar-refractivity contribution in [2.75, 3.05) is 13.7 Å². The van der Waals surface area contributed by atoms with Gasteiger partial charge in [0.1, 0.15) is 11.6 Å². The molecule has 2 N–H and O–H groups in total. The SMILES string of the molecule is COc1cc(C)c(-c2cnc(CCCO)[nH]2)cc1C. The van der Waals surface area contributed by atoms with E-state index in [-0.39, 0.29) is 6.61 Å². The molecule has 0 atom stereocenters. The summed E-state index contributed by atoms with van der Waals surface area (Å²) in [7, 11) is 1.69. The Labute approximate surface area is 113 Å². The number of rotatable bonds is 5. The maximum Gasteiger partial charge on any atom is 0.122 e. The van der Waals surface area contributed by atoms with Crippen molar-refractivity contribution < 1.29 is 9.84 Å². The average Bonchev–Trinajstić information content (AvgIpc) is 2.87. The molecule has 1 aromatic carbocycles. The first-order chi connectivity index (χ1) is 9.15. The Balaban J connectivity index is 2.31. The zero-order chi connectivity index (χ0) is 13.8. The van der Waals surface area contributed by atoms with Crippen molar-refractivity contribution >= 4 is 0 Å². The van der Waals surface area contributed by atoms with E-state index in [0.29, 0.717) is 0 Å². The third-order valence-electron chi connectivity index (χ3n) is 3.23. The molecule has 0 radical (unpaired) electrons. The summed E-state index contributed by atoms with van der Waals surface area (Å²) in [4.78, 5) is 7.65. The first kappa shape index (κ1) is 13.6. The molecule has 0 saturated heterocycles. The average molecular weight is 260 g/mol. The fourth-order valence-electron chi connectivity index (χ4n) is 2.17. The molecule has 0 aliphatic carbocycles. The van der Waals surface area contributed by atoms with E-state index < -0.39 is 0 Å². The number of aliphatic hydroxyl groups excluding tert-OH is 1. The van der Waals surface area contributed by atoms with E-state index in [1.807, 2.05) is 19.2 Å². The van der Waals surface area contributed by atoms with Crippen LogP contribution in [0.25, 0.3) is 11.3 Å². The maximum atomic E-state index is 8.83. The highest BCUT2D eigenvalue weighted by molar-refractivity contribution is 5.66. The summed E-state index contributed by atoms with van der Waals surface area (Å²) in [6.07, 6.45) is 3.35. The molecule has 0 aliphatic heterocycles. The number of benzene rings is 1. The molecule has 19 heavy (non-hydrogen) atoms. The van der Waals surface area contributed by atoms with E-state index in [1.54, 1.807) is 7.11 Å². The summed E-state index contributed by atoms with van der Waals surface area (Å²) in [6, 6.07) is 4.15. The zero-order valence-corrected chi connectivity index (χ0v) is 11.7. The van der Waals surface area contributed by atoms with Crippen LogP contribution in [0.5, 0.6) is 5.75 Å². The number of aryl methyl sites for hydroxylation is 3. The standard InChI is InChI=1S/C15H20N2O2/c1-10-8-14(19-3)11(2)7-12(10)13-9-16-15(17-13)5-4-6-18/h7-9,18H,4-6H2,1-3H3,(H,16,17). The Morgan fingerprint density at radius 1 is 1.26 bits per heavy atom. The number of H-pyrrole nitrogens is 1. The number of nitrogens with one attached hydrogen (secondary N) is 1. The molecule has 0 unspecified atom stereocenters. The molecule has 1 heterocycles. The Morgan fingerprint density at radius 3 is 2.74 bits per heavy atom. The first-order valence-corrected chi connectivity index (χ1v) is 6.46. The topological polar surface area (TPSA) is 58.1 Å².